The standard InChI is InChI=1S/C23H22ClN3O2/c1-14-11-19-21(15(2)22(14)24)18(28)12-23(29-19)7-9-27(10-8-23)20-13-25-16-5-3-4-6-17(16)26-20/h3-6,11,13H,7-10,12H2,1-2H3. The zero-order valence-electron chi connectivity index (χ0n) is 16.5. The van der Waals surface area contributed by atoms with E-state index in [1.54, 1.807) is 0 Å². The average molecular weight is 408 g/mol. The summed E-state index contributed by atoms with van der Waals surface area (Å²) in [4.78, 5) is 24.5. The van der Waals surface area contributed by atoms with Gasteiger partial charge in [0.25, 0.3) is 0 Å². The van der Waals surface area contributed by atoms with Crippen molar-refractivity contribution in [3.8, 4) is 5.75 Å². The van der Waals surface area contributed by atoms with Crippen LogP contribution in [-0.2, 0) is 0 Å². The van der Waals surface area contributed by atoms with E-state index in [-0.39, 0.29) is 5.78 Å². The highest BCUT2D eigenvalue weighted by atomic mass is 35.5. The maximum Gasteiger partial charge on any atom is 0.170 e. The van der Waals surface area contributed by atoms with E-state index in [0.717, 1.165) is 53.9 Å². The lowest BCUT2D eigenvalue weighted by Crippen LogP contribution is -2.51. The summed E-state index contributed by atoms with van der Waals surface area (Å²) in [7, 11) is 0. The van der Waals surface area contributed by atoms with Gasteiger partial charge in [-0.25, -0.2) is 4.98 Å². The first-order chi connectivity index (χ1) is 14.0. The van der Waals surface area contributed by atoms with E-state index in [1.165, 1.54) is 0 Å². The second kappa shape index (κ2) is 6.70. The third kappa shape index (κ3) is 3.04. The first kappa shape index (κ1) is 18.4. The van der Waals surface area contributed by atoms with Crippen molar-refractivity contribution in [3.05, 3.63) is 58.2 Å². The van der Waals surface area contributed by atoms with Gasteiger partial charge in [0.2, 0.25) is 0 Å². The molecule has 2 aliphatic heterocycles. The van der Waals surface area contributed by atoms with Crippen LogP contribution in [0.2, 0.25) is 5.02 Å². The fourth-order valence-electron chi connectivity index (χ4n) is 4.52. The summed E-state index contributed by atoms with van der Waals surface area (Å²) >= 11 is 6.36. The number of hydrogen-bond acceptors (Lipinski definition) is 5. The number of Topliss-reactive ketones (excluding diaryl/α,β-unsaturated/α-hetero) is 1. The Morgan fingerprint density at radius 2 is 1.86 bits per heavy atom. The van der Waals surface area contributed by atoms with Crippen LogP contribution in [0.1, 0.15) is 40.7 Å². The molecule has 0 amide bonds. The van der Waals surface area contributed by atoms with E-state index in [1.807, 2.05) is 50.4 Å². The van der Waals surface area contributed by atoms with Crippen LogP contribution in [0.4, 0.5) is 5.82 Å². The van der Waals surface area contributed by atoms with Crippen LogP contribution in [0.5, 0.6) is 5.75 Å². The zero-order chi connectivity index (χ0) is 20.2. The van der Waals surface area contributed by atoms with E-state index in [9.17, 15) is 4.79 Å². The summed E-state index contributed by atoms with van der Waals surface area (Å²) in [5.74, 6) is 1.68. The van der Waals surface area contributed by atoms with Crippen molar-refractivity contribution in [1.29, 1.82) is 0 Å². The Balaban J connectivity index is 1.39. The van der Waals surface area contributed by atoms with Crippen LogP contribution < -0.4 is 9.64 Å². The number of aromatic nitrogens is 2. The summed E-state index contributed by atoms with van der Waals surface area (Å²) in [6.07, 6.45) is 3.77. The second-order valence-electron chi connectivity index (χ2n) is 8.09. The Morgan fingerprint density at radius 3 is 2.62 bits per heavy atom. The highest BCUT2D eigenvalue weighted by Gasteiger charge is 2.44. The SMILES string of the molecule is Cc1cc2c(c(C)c1Cl)C(=O)CC1(CCN(c3cnc4ccccc4n3)CC1)O2. The number of ether oxygens (including phenoxy) is 1. The number of aryl methyl sites for hydroxylation is 1. The van der Waals surface area contributed by atoms with Crippen molar-refractivity contribution in [2.75, 3.05) is 18.0 Å². The van der Waals surface area contributed by atoms with E-state index >= 15 is 0 Å². The van der Waals surface area contributed by atoms with Crippen molar-refractivity contribution < 1.29 is 9.53 Å². The third-order valence-electron chi connectivity index (χ3n) is 6.17. The number of benzene rings is 2. The van der Waals surface area contributed by atoms with Gasteiger partial charge in [0.15, 0.2) is 5.78 Å². The fraction of sp³-hybridized carbons (Fsp3) is 0.348. The van der Waals surface area contributed by atoms with E-state index in [0.29, 0.717) is 22.8 Å². The van der Waals surface area contributed by atoms with Gasteiger partial charge in [-0.2, -0.15) is 0 Å². The number of fused-ring (bicyclic) bond motifs is 2. The topological polar surface area (TPSA) is 55.3 Å². The molecule has 0 aliphatic carbocycles. The molecule has 0 unspecified atom stereocenters. The minimum atomic E-state index is -0.447. The Morgan fingerprint density at radius 1 is 1.14 bits per heavy atom. The lowest BCUT2D eigenvalue weighted by molar-refractivity contribution is 0.0229. The number of rotatable bonds is 1. The quantitative estimate of drug-likeness (QED) is 0.574. The van der Waals surface area contributed by atoms with Gasteiger partial charge in [-0.15, -0.1) is 0 Å². The molecule has 2 aromatic carbocycles. The van der Waals surface area contributed by atoms with Crippen molar-refractivity contribution in [1.82, 2.24) is 9.97 Å². The molecule has 1 fully saturated rings. The Labute approximate surface area is 174 Å². The summed E-state index contributed by atoms with van der Waals surface area (Å²) < 4.78 is 6.46. The molecule has 6 heteroatoms. The Hall–Kier alpha value is -2.66. The van der Waals surface area contributed by atoms with Crippen LogP contribution in [0.25, 0.3) is 11.0 Å². The Kier molecular flexibility index (Phi) is 4.24. The van der Waals surface area contributed by atoms with Crippen LogP contribution in [-0.4, -0.2) is 34.4 Å². The first-order valence-electron chi connectivity index (χ1n) is 9.94. The first-order valence-corrected chi connectivity index (χ1v) is 10.3. The number of para-hydroxylation sites is 2. The normalized spacial score (nSPS) is 18.0. The van der Waals surface area contributed by atoms with E-state index in [4.69, 9.17) is 21.3 Å². The molecule has 1 spiro atoms. The van der Waals surface area contributed by atoms with Gasteiger partial charge in [-0.1, -0.05) is 23.7 Å². The van der Waals surface area contributed by atoms with Crippen LogP contribution in [0, 0.1) is 13.8 Å². The third-order valence-corrected chi connectivity index (χ3v) is 6.75. The number of carbonyl (C=O) groups is 1. The van der Waals surface area contributed by atoms with Crippen molar-refractivity contribution in [2.24, 2.45) is 0 Å². The second-order valence-corrected chi connectivity index (χ2v) is 8.47. The summed E-state index contributed by atoms with van der Waals surface area (Å²) in [6, 6.07) is 9.79. The van der Waals surface area contributed by atoms with Gasteiger partial charge in [0, 0.05) is 31.0 Å². The number of anilines is 1. The van der Waals surface area contributed by atoms with Gasteiger partial charge in [-0.3, -0.25) is 9.78 Å². The predicted octanol–water partition coefficient (Wildman–Crippen LogP) is 4.90. The highest BCUT2D eigenvalue weighted by Crippen LogP contribution is 2.43. The molecule has 5 rings (SSSR count). The molecule has 0 N–H and O–H groups in total. The lowest BCUT2D eigenvalue weighted by atomic mass is 9.81. The molecule has 1 aromatic heterocycles. The van der Waals surface area contributed by atoms with E-state index in [2.05, 4.69) is 9.88 Å². The minimum absolute atomic E-state index is 0.129. The highest BCUT2D eigenvalue weighted by molar-refractivity contribution is 6.32. The van der Waals surface area contributed by atoms with Crippen LogP contribution in [0.3, 0.4) is 0 Å². The number of piperidine rings is 1. The summed E-state index contributed by atoms with van der Waals surface area (Å²) in [5.41, 5.74) is 3.76. The largest absolute Gasteiger partial charge is 0.486 e. The molecule has 0 atom stereocenters. The molecule has 3 aromatic rings. The number of carbonyl (C=O) groups excluding carboxylic acids is 1. The molecule has 0 saturated carbocycles. The van der Waals surface area contributed by atoms with Crippen molar-refractivity contribution in [3.63, 3.8) is 0 Å². The average Bonchev–Trinajstić information content (AvgIpc) is 2.72. The summed E-state index contributed by atoms with van der Waals surface area (Å²) in [5, 5.41) is 0.654. The lowest BCUT2D eigenvalue weighted by Gasteiger charge is -2.44. The fourth-order valence-corrected chi connectivity index (χ4v) is 4.67. The van der Waals surface area contributed by atoms with Crippen molar-refractivity contribution >= 4 is 34.2 Å². The molecule has 3 heterocycles. The molecule has 148 valence electrons. The number of hydrogen-bond donors (Lipinski definition) is 0. The minimum Gasteiger partial charge on any atom is -0.486 e. The number of halogens is 1. The van der Waals surface area contributed by atoms with Gasteiger partial charge in [-0.05, 0) is 43.2 Å². The Bertz CT molecular complexity index is 1140. The van der Waals surface area contributed by atoms with E-state index < -0.39 is 5.60 Å². The maximum absolute atomic E-state index is 13.0. The van der Waals surface area contributed by atoms with Crippen molar-refractivity contribution in [2.45, 2.75) is 38.7 Å². The molecule has 29 heavy (non-hydrogen) atoms. The maximum atomic E-state index is 13.0. The zero-order valence-corrected chi connectivity index (χ0v) is 17.3. The molecule has 2 aliphatic rings. The molecule has 1 saturated heterocycles. The molecule has 0 bridgehead atoms. The van der Waals surface area contributed by atoms with Gasteiger partial charge in [0.05, 0.1) is 29.2 Å². The summed E-state index contributed by atoms with van der Waals surface area (Å²) in [6.45, 7) is 5.41. The molecular formula is C23H22ClN3O2. The van der Waals surface area contributed by atoms with Gasteiger partial charge >= 0.3 is 0 Å². The monoisotopic (exact) mass is 407 g/mol. The predicted molar refractivity (Wildman–Crippen MR) is 114 cm³/mol. The van der Waals surface area contributed by atoms with Crippen LogP contribution >= 0.6 is 11.6 Å². The molecular weight excluding hydrogens is 386 g/mol. The smallest absolute Gasteiger partial charge is 0.170 e. The van der Waals surface area contributed by atoms with Gasteiger partial charge in [0.1, 0.15) is 17.2 Å². The van der Waals surface area contributed by atoms with Crippen LogP contribution in [0.15, 0.2) is 36.5 Å². The van der Waals surface area contributed by atoms with Gasteiger partial charge < -0.3 is 9.64 Å². The number of nitrogens with zero attached hydrogens (tertiary/aromatic N) is 3. The number of ketones is 1. The molecule has 5 nitrogen and oxygen atoms in total. The molecule has 0 radical (unpaired) electrons.